The van der Waals surface area contributed by atoms with E-state index in [0.29, 0.717) is 0 Å². The van der Waals surface area contributed by atoms with Crippen molar-refractivity contribution in [2.45, 2.75) is 25.7 Å². The molecular weight excluding hydrogens is 242 g/mol. The van der Waals surface area contributed by atoms with Crippen LogP contribution in [0.3, 0.4) is 0 Å². The molecule has 0 spiro atoms. The first kappa shape index (κ1) is 12.3. The van der Waals surface area contributed by atoms with Crippen molar-refractivity contribution in [3.05, 3.63) is 59.8 Å². The maximum atomic E-state index is 2.67. The average Bonchev–Trinajstić information content (AvgIpc) is 3.08. The van der Waals surface area contributed by atoms with Crippen LogP contribution in [-0.2, 0) is 6.42 Å². The summed E-state index contributed by atoms with van der Waals surface area (Å²) in [4.78, 5) is 2.67. The lowest BCUT2D eigenvalue weighted by molar-refractivity contribution is 0.137. The van der Waals surface area contributed by atoms with Crippen molar-refractivity contribution in [1.82, 2.24) is 4.90 Å². The first-order chi connectivity index (χ1) is 9.90. The zero-order valence-corrected chi connectivity index (χ0v) is 12.0. The van der Waals surface area contributed by atoms with Gasteiger partial charge in [-0.2, -0.15) is 0 Å². The van der Waals surface area contributed by atoms with Crippen molar-refractivity contribution in [1.29, 1.82) is 0 Å². The van der Waals surface area contributed by atoms with Crippen molar-refractivity contribution < 1.29 is 0 Å². The smallest absolute Gasteiger partial charge is 0.0206 e. The molecule has 1 heteroatoms. The largest absolute Gasteiger partial charge is 0.374 e. The number of hydrogen-bond donors (Lipinski definition) is 0. The summed E-state index contributed by atoms with van der Waals surface area (Å²) in [5, 5.41) is 0. The molecule has 1 aliphatic heterocycles. The van der Waals surface area contributed by atoms with Crippen LogP contribution in [0, 0.1) is 17.8 Å². The topological polar surface area (TPSA) is 3.24 Å². The van der Waals surface area contributed by atoms with E-state index < -0.39 is 0 Å². The molecular formula is C19H23N. The van der Waals surface area contributed by atoms with Gasteiger partial charge in [0.25, 0.3) is 0 Å². The van der Waals surface area contributed by atoms with Gasteiger partial charge < -0.3 is 4.90 Å². The molecule has 0 amide bonds. The fourth-order valence-corrected chi connectivity index (χ4v) is 4.46. The number of rotatable bonds is 3. The molecule has 0 N–H and O–H groups in total. The summed E-state index contributed by atoms with van der Waals surface area (Å²) in [5.74, 6) is 2.74. The third-order valence-electron chi connectivity index (χ3n) is 5.50. The standard InChI is InChI=1S/C19H23N/c1-2-6-15(7-3-1)12-19-16-10-11-17(19)14-20(13-16)18-8-4-5-9-18/h1-8,16-17,19H,9-14H2. The molecule has 1 aromatic rings. The van der Waals surface area contributed by atoms with Crippen LogP contribution >= 0.6 is 0 Å². The Labute approximate surface area is 122 Å². The Morgan fingerprint density at radius 1 is 1.00 bits per heavy atom. The van der Waals surface area contributed by atoms with Gasteiger partial charge >= 0.3 is 0 Å². The second-order valence-corrected chi connectivity index (χ2v) is 6.65. The Balaban J connectivity index is 1.46. The fraction of sp³-hybridized carbons (Fsp3) is 0.474. The van der Waals surface area contributed by atoms with Gasteiger partial charge in [-0.25, -0.2) is 0 Å². The third kappa shape index (κ3) is 2.19. The van der Waals surface area contributed by atoms with Crippen LogP contribution in [0.5, 0.6) is 0 Å². The van der Waals surface area contributed by atoms with E-state index in [1.54, 1.807) is 5.70 Å². The van der Waals surface area contributed by atoms with Crippen LogP contribution in [0.4, 0.5) is 0 Å². The summed E-state index contributed by atoms with van der Waals surface area (Å²) in [6.45, 7) is 2.59. The lowest BCUT2D eigenvalue weighted by Crippen LogP contribution is -2.41. The fourth-order valence-electron chi connectivity index (χ4n) is 4.46. The molecule has 104 valence electrons. The maximum Gasteiger partial charge on any atom is 0.0206 e. The van der Waals surface area contributed by atoms with Crippen LogP contribution in [-0.4, -0.2) is 18.0 Å². The molecule has 0 aromatic heterocycles. The molecule has 0 radical (unpaired) electrons. The minimum Gasteiger partial charge on any atom is -0.374 e. The Kier molecular flexibility index (Phi) is 3.14. The van der Waals surface area contributed by atoms with E-state index in [0.717, 1.165) is 24.2 Å². The molecule has 1 heterocycles. The molecule has 2 aliphatic carbocycles. The first-order valence-corrected chi connectivity index (χ1v) is 8.05. The number of benzene rings is 1. The van der Waals surface area contributed by atoms with Crippen LogP contribution in [0.25, 0.3) is 0 Å². The highest BCUT2D eigenvalue weighted by atomic mass is 15.2. The van der Waals surface area contributed by atoms with Crippen molar-refractivity contribution in [2.75, 3.05) is 13.1 Å². The number of fused-ring (bicyclic) bond motifs is 2. The SMILES string of the molecule is C1=CCC(N2CC3CCC(C2)C3Cc2ccccc2)=C1. The number of allylic oxidation sites excluding steroid dienone is 3. The Morgan fingerprint density at radius 2 is 1.75 bits per heavy atom. The van der Waals surface area contributed by atoms with Gasteiger partial charge in [0.15, 0.2) is 0 Å². The van der Waals surface area contributed by atoms with Gasteiger partial charge in [0.2, 0.25) is 0 Å². The molecule has 1 saturated heterocycles. The lowest BCUT2D eigenvalue weighted by atomic mass is 9.80. The Bertz CT molecular complexity index is 514. The molecule has 20 heavy (non-hydrogen) atoms. The quantitative estimate of drug-likeness (QED) is 0.797. The number of nitrogens with zero attached hydrogens (tertiary/aromatic N) is 1. The molecule has 1 nitrogen and oxygen atoms in total. The molecule has 2 atom stereocenters. The summed E-state index contributed by atoms with van der Waals surface area (Å²) in [7, 11) is 0. The molecule has 2 fully saturated rings. The zero-order valence-electron chi connectivity index (χ0n) is 12.0. The number of likely N-dealkylation sites (tertiary alicyclic amines) is 1. The molecule has 4 rings (SSSR count). The average molecular weight is 265 g/mol. The molecule has 2 unspecified atom stereocenters. The highest BCUT2D eigenvalue weighted by molar-refractivity contribution is 5.23. The molecule has 2 bridgehead atoms. The van der Waals surface area contributed by atoms with Gasteiger partial charge in [-0.15, -0.1) is 0 Å². The summed E-state index contributed by atoms with van der Waals surface area (Å²) in [5.41, 5.74) is 3.09. The van der Waals surface area contributed by atoms with Gasteiger partial charge in [0.1, 0.15) is 0 Å². The highest BCUT2D eigenvalue weighted by Crippen LogP contribution is 2.44. The highest BCUT2D eigenvalue weighted by Gasteiger charge is 2.41. The van der Waals surface area contributed by atoms with Gasteiger partial charge in [-0.05, 0) is 48.7 Å². The van der Waals surface area contributed by atoms with E-state index >= 15 is 0 Å². The first-order valence-electron chi connectivity index (χ1n) is 8.05. The number of piperidine rings is 1. The van der Waals surface area contributed by atoms with Crippen LogP contribution in [0.15, 0.2) is 54.3 Å². The van der Waals surface area contributed by atoms with Gasteiger partial charge in [-0.3, -0.25) is 0 Å². The van der Waals surface area contributed by atoms with E-state index in [1.807, 2.05) is 0 Å². The van der Waals surface area contributed by atoms with Gasteiger partial charge in [0, 0.05) is 25.2 Å². The Morgan fingerprint density at radius 3 is 2.40 bits per heavy atom. The van der Waals surface area contributed by atoms with Crippen LogP contribution in [0.2, 0.25) is 0 Å². The summed E-state index contributed by atoms with van der Waals surface area (Å²) in [6, 6.07) is 11.1. The van der Waals surface area contributed by atoms with E-state index in [-0.39, 0.29) is 0 Å². The minimum absolute atomic E-state index is 0.912. The van der Waals surface area contributed by atoms with Crippen molar-refractivity contribution in [2.24, 2.45) is 17.8 Å². The van der Waals surface area contributed by atoms with Gasteiger partial charge in [0.05, 0.1) is 0 Å². The molecule has 3 aliphatic rings. The lowest BCUT2D eigenvalue weighted by Gasteiger charge is -2.40. The monoisotopic (exact) mass is 265 g/mol. The summed E-state index contributed by atoms with van der Waals surface area (Å²) in [6.07, 6.45) is 12.2. The van der Waals surface area contributed by atoms with E-state index in [1.165, 1.54) is 37.9 Å². The predicted molar refractivity (Wildman–Crippen MR) is 83.3 cm³/mol. The van der Waals surface area contributed by atoms with Crippen molar-refractivity contribution in [3.8, 4) is 0 Å². The van der Waals surface area contributed by atoms with E-state index in [2.05, 4.69) is 53.5 Å². The second kappa shape index (κ2) is 5.12. The predicted octanol–water partition coefficient (Wildman–Crippen LogP) is 4.03. The molecule has 1 saturated carbocycles. The van der Waals surface area contributed by atoms with E-state index in [4.69, 9.17) is 0 Å². The number of hydrogen-bond acceptors (Lipinski definition) is 1. The van der Waals surface area contributed by atoms with Crippen molar-refractivity contribution in [3.63, 3.8) is 0 Å². The van der Waals surface area contributed by atoms with Crippen molar-refractivity contribution >= 4 is 0 Å². The normalized spacial score (nSPS) is 31.7. The van der Waals surface area contributed by atoms with Gasteiger partial charge in [-0.1, -0.05) is 42.5 Å². The summed E-state index contributed by atoms with van der Waals surface area (Å²) >= 11 is 0. The molecule has 1 aromatic carbocycles. The third-order valence-corrected chi connectivity index (χ3v) is 5.50. The Hall–Kier alpha value is -1.50. The van der Waals surface area contributed by atoms with Crippen LogP contribution in [0.1, 0.15) is 24.8 Å². The second-order valence-electron chi connectivity index (χ2n) is 6.65. The maximum absolute atomic E-state index is 2.67. The summed E-state index contributed by atoms with van der Waals surface area (Å²) < 4.78 is 0. The van der Waals surface area contributed by atoms with Crippen LogP contribution < -0.4 is 0 Å². The van der Waals surface area contributed by atoms with E-state index in [9.17, 15) is 0 Å². The zero-order chi connectivity index (χ0) is 13.4. The minimum atomic E-state index is 0.912.